The number of halogens is 2. The van der Waals surface area contributed by atoms with Gasteiger partial charge in [0.2, 0.25) is 0 Å². The lowest BCUT2D eigenvalue weighted by Gasteiger charge is -2.17. The molecular formula is C16H17BrClN. The Balaban J connectivity index is 2.04. The monoisotopic (exact) mass is 337 g/mol. The zero-order chi connectivity index (χ0) is 13.8. The molecule has 0 aliphatic rings. The Morgan fingerprint density at radius 2 is 1.95 bits per heavy atom. The first-order valence-electron chi connectivity index (χ1n) is 6.31. The largest absolute Gasteiger partial charge is 0.306 e. The van der Waals surface area contributed by atoms with Crippen molar-refractivity contribution in [1.29, 1.82) is 0 Å². The number of hydrogen-bond acceptors (Lipinski definition) is 1. The second-order valence-electron chi connectivity index (χ2n) is 4.69. The highest BCUT2D eigenvalue weighted by Gasteiger charge is 2.08. The summed E-state index contributed by atoms with van der Waals surface area (Å²) in [7, 11) is 0. The minimum atomic E-state index is 0.323. The summed E-state index contributed by atoms with van der Waals surface area (Å²) in [5.74, 6) is 0. The lowest BCUT2D eigenvalue weighted by atomic mass is 10.0. The predicted octanol–water partition coefficient (Wildman–Crippen LogP) is 5.26. The fourth-order valence-corrected chi connectivity index (χ4v) is 2.93. The van der Waals surface area contributed by atoms with Gasteiger partial charge in [0.25, 0.3) is 0 Å². The summed E-state index contributed by atoms with van der Waals surface area (Å²) < 4.78 is 1.05. The van der Waals surface area contributed by atoms with Crippen molar-refractivity contribution in [1.82, 2.24) is 5.32 Å². The molecule has 0 heterocycles. The van der Waals surface area contributed by atoms with Crippen molar-refractivity contribution in [3.8, 4) is 0 Å². The Bertz CT molecular complexity index is 568. The van der Waals surface area contributed by atoms with Crippen LogP contribution in [-0.2, 0) is 6.54 Å². The molecule has 0 saturated carbocycles. The molecule has 19 heavy (non-hydrogen) atoms. The van der Waals surface area contributed by atoms with E-state index in [1.165, 1.54) is 16.7 Å². The molecule has 0 aliphatic carbocycles. The lowest BCUT2D eigenvalue weighted by Crippen LogP contribution is -2.19. The average Bonchev–Trinajstić information content (AvgIpc) is 2.38. The summed E-state index contributed by atoms with van der Waals surface area (Å²) in [5.41, 5.74) is 3.87. The van der Waals surface area contributed by atoms with Crippen LogP contribution in [0.1, 0.15) is 29.7 Å². The Kier molecular flexibility index (Phi) is 5.03. The third-order valence-electron chi connectivity index (χ3n) is 3.27. The van der Waals surface area contributed by atoms with Crippen molar-refractivity contribution >= 4 is 27.5 Å². The first-order valence-corrected chi connectivity index (χ1v) is 7.48. The molecule has 2 aromatic carbocycles. The molecule has 0 fully saturated rings. The van der Waals surface area contributed by atoms with Gasteiger partial charge in [-0.05, 0) is 42.7 Å². The fraction of sp³-hybridized carbons (Fsp3) is 0.250. The topological polar surface area (TPSA) is 12.0 Å². The van der Waals surface area contributed by atoms with Gasteiger partial charge < -0.3 is 5.32 Å². The lowest BCUT2D eigenvalue weighted by molar-refractivity contribution is 0.571. The summed E-state index contributed by atoms with van der Waals surface area (Å²) in [4.78, 5) is 0. The van der Waals surface area contributed by atoms with Crippen LogP contribution in [0.15, 0.2) is 46.9 Å². The Morgan fingerprint density at radius 3 is 2.63 bits per heavy atom. The molecule has 0 spiro atoms. The first kappa shape index (κ1) is 14.6. The van der Waals surface area contributed by atoms with Crippen molar-refractivity contribution in [2.75, 3.05) is 0 Å². The van der Waals surface area contributed by atoms with Crippen molar-refractivity contribution in [3.63, 3.8) is 0 Å². The van der Waals surface area contributed by atoms with Crippen molar-refractivity contribution in [2.24, 2.45) is 0 Å². The number of hydrogen-bond donors (Lipinski definition) is 1. The summed E-state index contributed by atoms with van der Waals surface area (Å²) in [6.07, 6.45) is 0. The van der Waals surface area contributed by atoms with E-state index in [0.717, 1.165) is 16.0 Å². The highest BCUT2D eigenvalue weighted by atomic mass is 79.9. The van der Waals surface area contributed by atoms with Crippen LogP contribution in [0.2, 0.25) is 5.02 Å². The Hall–Kier alpha value is -0.830. The predicted molar refractivity (Wildman–Crippen MR) is 85.6 cm³/mol. The number of benzene rings is 2. The molecule has 1 atom stereocenters. The molecule has 0 saturated heterocycles. The van der Waals surface area contributed by atoms with Crippen LogP contribution in [0.3, 0.4) is 0 Å². The fourth-order valence-electron chi connectivity index (χ4n) is 2.11. The molecule has 0 amide bonds. The van der Waals surface area contributed by atoms with Gasteiger partial charge in [0.1, 0.15) is 0 Å². The van der Waals surface area contributed by atoms with Gasteiger partial charge in [-0.1, -0.05) is 57.9 Å². The first-order chi connectivity index (χ1) is 9.08. The van der Waals surface area contributed by atoms with E-state index in [1.807, 2.05) is 18.2 Å². The highest BCUT2D eigenvalue weighted by molar-refractivity contribution is 9.10. The van der Waals surface area contributed by atoms with Crippen LogP contribution >= 0.6 is 27.5 Å². The maximum absolute atomic E-state index is 5.95. The molecule has 0 radical (unpaired) electrons. The second kappa shape index (κ2) is 6.56. The van der Waals surface area contributed by atoms with Gasteiger partial charge in [0, 0.05) is 22.1 Å². The Labute approximate surface area is 128 Å². The normalized spacial score (nSPS) is 12.4. The number of aryl methyl sites for hydroxylation is 1. The van der Waals surface area contributed by atoms with Crippen molar-refractivity contribution in [2.45, 2.75) is 26.4 Å². The van der Waals surface area contributed by atoms with Gasteiger partial charge in [-0.25, -0.2) is 0 Å². The van der Waals surface area contributed by atoms with Crippen LogP contribution < -0.4 is 5.32 Å². The zero-order valence-corrected chi connectivity index (χ0v) is 13.4. The molecule has 0 aromatic heterocycles. The van der Waals surface area contributed by atoms with Crippen LogP contribution in [0.25, 0.3) is 0 Å². The van der Waals surface area contributed by atoms with E-state index in [9.17, 15) is 0 Å². The molecule has 2 aromatic rings. The van der Waals surface area contributed by atoms with E-state index in [-0.39, 0.29) is 0 Å². The third-order valence-corrected chi connectivity index (χ3v) is 4.24. The van der Waals surface area contributed by atoms with Crippen LogP contribution in [0.4, 0.5) is 0 Å². The van der Waals surface area contributed by atoms with Gasteiger partial charge in [0.05, 0.1) is 0 Å². The maximum Gasteiger partial charge on any atom is 0.0417 e. The van der Waals surface area contributed by atoms with Gasteiger partial charge in [-0.2, -0.15) is 0 Å². The van der Waals surface area contributed by atoms with Gasteiger partial charge >= 0.3 is 0 Å². The van der Waals surface area contributed by atoms with Crippen LogP contribution in [0, 0.1) is 6.92 Å². The van der Waals surface area contributed by atoms with Gasteiger partial charge in [-0.15, -0.1) is 0 Å². The maximum atomic E-state index is 5.95. The molecule has 1 nitrogen and oxygen atoms in total. The van der Waals surface area contributed by atoms with E-state index in [0.29, 0.717) is 6.04 Å². The molecule has 0 unspecified atom stereocenters. The molecule has 2 rings (SSSR count). The average molecular weight is 339 g/mol. The Morgan fingerprint density at radius 1 is 1.21 bits per heavy atom. The highest BCUT2D eigenvalue weighted by Crippen LogP contribution is 2.23. The number of nitrogens with one attached hydrogen (secondary N) is 1. The minimum absolute atomic E-state index is 0.323. The summed E-state index contributed by atoms with van der Waals surface area (Å²) in [5, 5.41) is 4.30. The molecule has 1 N–H and O–H groups in total. The van der Waals surface area contributed by atoms with E-state index >= 15 is 0 Å². The zero-order valence-electron chi connectivity index (χ0n) is 11.1. The van der Waals surface area contributed by atoms with Crippen molar-refractivity contribution in [3.05, 3.63) is 68.7 Å². The smallest absolute Gasteiger partial charge is 0.0417 e. The van der Waals surface area contributed by atoms with Gasteiger partial charge in [-0.3, -0.25) is 0 Å². The standard InChI is InChI=1S/C16H17BrClN/c1-11-5-3-4-6-15(11)12(2)19-10-13-7-8-14(18)9-16(13)17/h3-9,12,19H,10H2,1-2H3/t12-/m0/s1. The number of rotatable bonds is 4. The molecule has 3 heteroatoms. The second-order valence-corrected chi connectivity index (χ2v) is 5.99. The van der Waals surface area contributed by atoms with E-state index in [1.54, 1.807) is 0 Å². The van der Waals surface area contributed by atoms with Crippen molar-refractivity contribution < 1.29 is 0 Å². The van der Waals surface area contributed by atoms with E-state index < -0.39 is 0 Å². The summed E-state index contributed by atoms with van der Waals surface area (Å²) in [6.45, 7) is 5.14. The van der Waals surface area contributed by atoms with Crippen LogP contribution in [-0.4, -0.2) is 0 Å². The minimum Gasteiger partial charge on any atom is -0.306 e. The molecule has 0 bridgehead atoms. The SMILES string of the molecule is Cc1ccccc1[C@H](C)NCc1ccc(Cl)cc1Br. The van der Waals surface area contributed by atoms with E-state index in [2.05, 4.69) is 59.4 Å². The molecular weight excluding hydrogens is 322 g/mol. The summed E-state index contributed by atoms with van der Waals surface area (Å²) >= 11 is 9.49. The quantitative estimate of drug-likeness (QED) is 0.801. The third kappa shape index (κ3) is 3.82. The van der Waals surface area contributed by atoms with E-state index in [4.69, 9.17) is 11.6 Å². The van der Waals surface area contributed by atoms with Gasteiger partial charge in [0.15, 0.2) is 0 Å². The molecule has 100 valence electrons. The summed E-state index contributed by atoms with van der Waals surface area (Å²) in [6, 6.07) is 14.7. The molecule has 0 aliphatic heterocycles. The van der Waals surface area contributed by atoms with Crippen LogP contribution in [0.5, 0.6) is 0 Å².